The fourth-order valence-corrected chi connectivity index (χ4v) is 3.32. The molecule has 4 aromatic rings. The van der Waals surface area contributed by atoms with Gasteiger partial charge in [0.2, 0.25) is 29.1 Å². The number of nitrogens with one attached hydrogen (secondary N) is 1. The van der Waals surface area contributed by atoms with Crippen molar-refractivity contribution in [3.8, 4) is 17.2 Å². The van der Waals surface area contributed by atoms with E-state index in [4.69, 9.17) is 9.15 Å². The van der Waals surface area contributed by atoms with Crippen molar-refractivity contribution in [3.05, 3.63) is 111 Å². The molecule has 0 unspecified atom stereocenters. The Morgan fingerprint density at radius 3 is 2.17 bits per heavy atom. The van der Waals surface area contributed by atoms with E-state index in [0.29, 0.717) is 6.07 Å². The predicted octanol–water partition coefficient (Wildman–Crippen LogP) is 7.53. The summed E-state index contributed by atoms with van der Waals surface area (Å²) in [5, 5.41) is 13.6. The fourth-order valence-electron chi connectivity index (χ4n) is 3.32. The highest BCUT2D eigenvalue weighted by molar-refractivity contribution is 6.02. The minimum Gasteiger partial charge on any atom is -0.479 e. The summed E-state index contributed by atoms with van der Waals surface area (Å²) >= 11 is 0. The van der Waals surface area contributed by atoms with Crippen LogP contribution in [0.2, 0.25) is 0 Å². The summed E-state index contributed by atoms with van der Waals surface area (Å²) < 4.78 is 121. The molecule has 16 heteroatoms. The van der Waals surface area contributed by atoms with Crippen molar-refractivity contribution in [1.82, 2.24) is 0 Å². The lowest BCUT2D eigenvalue weighted by Crippen LogP contribution is -2.11. The monoisotopic (exact) mass is 588 g/mol. The van der Waals surface area contributed by atoms with Crippen molar-refractivity contribution >= 4 is 17.3 Å². The number of furan rings is 1. The SMILES string of the molecule is O=C(Nc1cc(Oc2cccc(C(F)(F)F)c2)cc([N+](=O)[O-])c1)c1ccc(COc2c(F)c(F)c(F)c(F)c2F)o1. The van der Waals surface area contributed by atoms with Crippen LogP contribution in [-0.2, 0) is 12.8 Å². The van der Waals surface area contributed by atoms with E-state index in [2.05, 4.69) is 10.1 Å². The summed E-state index contributed by atoms with van der Waals surface area (Å²) in [6, 6.07) is 8.69. The molecule has 0 bridgehead atoms. The molecule has 0 spiro atoms. The van der Waals surface area contributed by atoms with Gasteiger partial charge in [-0.05, 0) is 30.3 Å². The Balaban J connectivity index is 1.50. The molecule has 1 N–H and O–H groups in total. The van der Waals surface area contributed by atoms with Gasteiger partial charge in [0.15, 0.2) is 11.5 Å². The first-order valence-corrected chi connectivity index (χ1v) is 10.9. The molecule has 0 aliphatic rings. The maximum absolute atomic E-state index is 13.8. The lowest BCUT2D eigenvalue weighted by molar-refractivity contribution is -0.384. The minimum absolute atomic E-state index is 0.234. The van der Waals surface area contributed by atoms with Crippen molar-refractivity contribution in [2.45, 2.75) is 12.8 Å². The van der Waals surface area contributed by atoms with Gasteiger partial charge in [0.05, 0.1) is 22.2 Å². The second kappa shape index (κ2) is 11.1. The van der Waals surface area contributed by atoms with Crippen LogP contribution in [0.4, 0.5) is 46.5 Å². The Bertz CT molecular complexity index is 1620. The number of amides is 1. The molecule has 1 heterocycles. The number of carbonyl (C=O) groups excluding carboxylic acids is 1. The Morgan fingerprint density at radius 2 is 1.54 bits per heavy atom. The maximum atomic E-state index is 13.8. The van der Waals surface area contributed by atoms with Gasteiger partial charge in [-0.15, -0.1) is 0 Å². The van der Waals surface area contributed by atoms with Gasteiger partial charge >= 0.3 is 6.18 Å². The second-order valence-corrected chi connectivity index (χ2v) is 8.01. The average Bonchev–Trinajstić information content (AvgIpc) is 3.39. The van der Waals surface area contributed by atoms with E-state index in [1.165, 1.54) is 6.07 Å². The number of nitrogens with zero attached hydrogens (tertiary/aromatic N) is 1. The van der Waals surface area contributed by atoms with Crippen LogP contribution in [-0.4, -0.2) is 10.8 Å². The number of non-ortho nitro benzene ring substituents is 1. The number of halogens is 8. The lowest BCUT2D eigenvalue weighted by Gasteiger charge is -2.11. The molecular formula is C25H12F8N2O6. The molecular weight excluding hydrogens is 576 g/mol. The molecule has 41 heavy (non-hydrogen) atoms. The third kappa shape index (κ3) is 6.37. The number of hydrogen-bond acceptors (Lipinski definition) is 6. The van der Waals surface area contributed by atoms with Gasteiger partial charge in [-0.25, -0.2) is 13.2 Å². The summed E-state index contributed by atoms with van der Waals surface area (Å²) in [6.07, 6.45) is -4.68. The first-order valence-electron chi connectivity index (χ1n) is 10.9. The van der Waals surface area contributed by atoms with E-state index in [1.54, 1.807) is 0 Å². The topological polar surface area (TPSA) is 104 Å². The van der Waals surface area contributed by atoms with Gasteiger partial charge in [0, 0.05) is 12.1 Å². The molecule has 8 nitrogen and oxygen atoms in total. The van der Waals surface area contributed by atoms with Crippen LogP contribution in [0.15, 0.2) is 59.0 Å². The zero-order valence-electron chi connectivity index (χ0n) is 19.8. The van der Waals surface area contributed by atoms with Gasteiger partial charge in [0.25, 0.3) is 11.6 Å². The summed E-state index contributed by atoms with van der Waals surface area (Å²) in [5.74, 6) is -15.2. The zero-order chi connectivity index (χ0) is 30.1. The molecule has 0 atom stereocenters. The Morgan fingerprint density at radius 1 is 0.878 bits per heavy atom. The van der Waals surface area contributed by atoms with E-state index >= 15 is 0 Å². The van der Waals surface area contributed by atoms with Crippen LogP contribution in [0.25, 0.3) is 0 Å². The van der Waals surface area contributed by atoms with Gasteiger partial charge in [-0.1, -0.05) is 6.07 Å². The van der Waals surface area contributed by atoms with Crippen LogP contribution in [0.1, 0.15) is 21.9 Å². The number of nitro groups is 1. The highest BCUT2D eigenvalue weighted by Gasteiger charge is 2.31. The van der Waals surface area contributed by atoms with Crippen LogP contribution in [0, 0.1) is 39.2 Å². The molecule has 1 amide bonds. The number of nitro benzene ring substituents is 1. The Kier molecular flexibility index (Phi) is 7.84. The number of alkyl halides is 3. The normalized spacial score (nSPS) is 11.3. The molecule has 0 fully saturated rings. The first kappa shape index (κ1) is 28.8. The number of ether oxygens (including phenoxy) is 2. The largest absolute Gasteiger partial charge is 0.479 e. The van der Waals surface area contributed by atoms with Crippen molar-refractivity contribution in [2.24, 2.45) is 0 Å². The van der Waals surface area contributed by atoms with Gasteiger partial charge in [-0.2, -0.15) is 22.0 Å². The van der Waals surface area contributed by atoms with E-state index in [9.17, 15) is 50.0 Å². The zero-order valence-corrected chi connectivity index (χ0v) is 19.8. The second-order valence-electron chi connectivity index (χ2n) is 8.01. The van der Waals surface area contributed by atoms with Crippen molar-refractivity contribution in [2.75, 3.05) is 5.32 Å². The molecule has 214 valence electrons. The molecule has 0 aliphatic carbocycles. The van der Waals surface area contributed by atoms with Gasteiger partial charge in [0.1, 0.15) is 23.9 Å². The number of hydrogen-bond donors (Lipinski definition) is 1. The maximum Gasteiger partial charge on any atom is 0.416 e. The lowest BCUT2D eigenvalue weighted by atomic mass is 10.2. The minimum atomic E-state index is -4.68. The highest BCUT2D eigenvalue weighted by atomic mass is 19.4. The third-order valence-corrected chi connectivity index (χ3v) is 5.17. The molecule has 4 rings (SSSR count). The van der Waals surface area contributed by atoms with Crippen LogP contribution in [0.5, 0.6) is 17.2 Å². The fraction of sp³-hybridized carbons (Fsp3) is 0.0800. The molecule has 0 saturated heterocycles. The molecule has 0 aliphatic heterocycles. The van der Waals surface area contributed by atoms with E-state index < -0.39 is 75.5 Å². The average molecular weight is 588 g/mol. The van der Waals surface area contributed by atoms with Crippen molar-refractivity contribution < 1.29 is 58.7 Å². The van der Waals surface area contributed by atoms with Crippen molar-refractivity contribution in [1.29, 1.82) is 0 Å². The summed E-state index contributed by atoms with van der Waals surface area (Å²) in [7, 11) is 0. The summed E-state index contributed by atoms with van der Waals surface area (Å²) in [6.45, 7) is -0.864. The van der Waals surface area contributed by atoms with Gasteiger partial charge in [-0.3, -0.25) is 14.9 Å². The molecule has 0 radical (unpaired) electrons. The number of carbonyl (C=O) groups is 1. The van der Waals surface area contributed by atoms with Crippen LogP contribution >= 0.6 is 0 Å². The number of rotatable bonds is 8. The summed E-state index contributed by atoms with van der Waals surface area (Å²) in [5.41, 5.74) is -1.87. The molecule has 1 aromatic heterocycles. The Labute approximate surface area is 222 Å². The van der Waals surface area contributed by atoms with Gasteiger partial charge < -0.3 is 19.2 Å². The van der Waals surface area contributed by atoms with E-state index in [1.807, 2.05) is 0 Å². The van der Waals surface area contributed by atoms with Crippen LogP contribution in [0.3, 0.4) is 0 Å². The van der Waals surface area contributed by atoms with Crippen molar-refractivity contribution in [3.63, 3.8) is 0 Å². The van der Waals surface area contributed by atoms with E-state index in [0.717, 1.165) is 42.5 Å². The first-order chi connectivity index (χ1) is 19.2. The predicted molar refractivity (Wildman–Crippen MR) is 122 cm³/mol. The van der Waals surface area contributed by atoms with Crippen LogP contribution < -0.4 is 14.8 Å². The molecule has 3 aromatic carbocycles. The quantitative estimate of drug-likeness (QED) is 0.0751. The number of anilines is 1. The standard InChI is InChI=1S/C25H12F8N2O6/c26-18-19(27)21(29)23(22(30)20(18)28)39-10-15-4-5-17(41-15)24(36)34-12-7-13(35(37)38)9-16(8-12)40-14-3-1-2-11(6-14)25(31,32)33/h1-9H,10H2,(H,34,36). The van der Waals surface area contributed by atoms with E-state index in [-0.39, 0.29) is 22.9 Å². The molecule has 0 saturated carbocycles. The summed E-state index contributed by atoms with van der Waals surface area (Å²) in [4.78, 5) is 23.1. The Hall–Kier alpha value is -5.15. The number of benzene rings is 3. The highest BCUT2D eigenvalue weighted by Crippen LogP contribution is 2.35. The smallest absolute Gasteiger partial charge is 0.416 e. The third-order valence-electron chi connectivity index (χ3n) is 5.17.